The van der Waals surface area contributed by atoms with Gasteiger partial charge in [-0.2, -0.15) is 0 Å². The number of sulfonamides is 1. The molecule has 0 radical (unpaired) electrons. The lowest BCUT2D eigenvalue weighted by Crippen LogP contribution is -2.36. The maximum absolute atomic E-state index is 12.2. The number of nitrogens with one attached hydrogen (secondary N) is 2. The van der Waals surface area contributed by atoms with E-state index >= 15 is 0 Å². The lowest BCUT2D eigenvalue weighted by atomic mass is 10.1. The van der Waals surface area contributed by atoms with Gasteiger partial charge in [0, 0.05) is 17.5 Å². The van der Waals surface area contributed by atoms with Crippen LogP contribution in [0.1, 0.15) is 25.6 Å². The molecule has 0 aliphatic rings. The molecule has 0 aliphatic heterocycles. The van der Waals surface area contributed by atoms with E-state index < -0.39 is 10.0 Å². The number of hydrogen-bond acceptors (Lipinski definition) is 4. The summed E-state index contributed by atoms with van der Waals surface area (Å²) in [6.45, 7) is 6.45. The van der Waals surface area contributed by atoms with Gasteiger partial charge in [0.15, 0.2) is 0 Å². The molecule has 98 valence electrons. The Morgan fingerprint density at radius 1 is 1.35 bits per heavy atom. The van der Waals surface area contributed by atoms with Gasteiger partial charge < -0.3 is 5.32 Å². The first kappa shape index (κ1) is 14.6. The highest BCUT2D eigenvalue weighted by Crippen LogP contribution is 2.22. The van der Waals surface area contributed by atoms with E-state index in [1.807, 2.05) is 20.8 Å². The van der Waals surface area contributed by atoms with Crippen molar-refractivity contribution in [2.24, 2.45) is 5.92 Å². The summed E-state index contributed by atoms with van der Waals surface area (Å²) in [5.74, 6) is 0.274. The summed E-state index contributed by atoms with van der Waals surface area (Å²) in [4.78, 5) is 1.24. The third-order valence-electron chi connectivity index (χ3n) is 2.67. The highest BCUT2D eigenvalue weighted by Gasteiger charge is 2.22. The summed E-state index contributed by atoms with van der Waals surface area (Å²) in [5, 5.41) is 4.78. The maximum atomic E-state index is 12.2. The van der Waals surface area contributed by atoms with Crippen LogP contribution < -0.4 is 10.0 Å². The fraction of sp³-hybridized carbons (Fsp3) is 0.636. The molecule has 1 heterocycles. The average molecular weight is 276 g/mol. The van der Waals surface area contributed by atoms with Crippen LogP contribution in [0.2, 0.25) is 0 Å². The first-order valence-corrected chi connectivity index (χ1v) is 7.98. The summed E-state index contributed by atoms with van der Waals surface area (Å²) in [6.07, 6.45) is 0. The quantitative estimate of drug-likeness (QED) is 0.833. The molecule has 0 fully saturated rings. The summed E-state index contributed by atoms with van der Waals surface area (Å²) in [6, 6.07) is 1.59. The summed E-state index contributed by atoms with van der Waals surface area (Å²) < 4.78 is 27.1. The van der Waals surface area contributed by atoms with Gasteiger partial charge in [-0.25, -0.2) is 13.1 Å². The minimum absolute atomic E-state index is 0.0673. The van der Waals surface area contributed by atoms with Crippen LogP contribution in [0.4, 0.5) is 0 Å². The van der Waals surface area contributed by atoms with Crippen LogP contribution in [0, 0.1) is 5.92 Å². The first-order chi connectivity index (χ1) is 7.88. The van der Waals surface area contributed by atoms with E-state index in [9.17, 15) is 8.42 Å². The molecule has 0 spiro atoms. The molecule has 2 N–H and O–H groups in total. The zero-order valence-corrected chi connectivity index (χ0v) is 12.3. The van der Waals surface area contributed by atoms with E-state index in [1.54, 1.807) is 18.5 Å². The van der Waals surface area contributed by atoms with Crippen molar-refractivity contribution < 1.29 is 8.42 Å². The lowest BCUT2D eigenvalue weighted by molar-refractivity contribution is 0.476. The smallest absolute Gasteiger partial charge is 0.241 e. The molecule has 0 aliphatic carbocycles. The van der Waals surface area contributed by atoms with Crippen molar-refractivity contribution in [3.05, 3.63) is 16.3 Å². The second kappa shape index (κ2) is 5.95. The van der Waals surface area contributed by atoms with Crippen molar-refractivity contribution in [3.8, 4) is 0 Å². The Labute approximate surface area is 107 Å². The molecule has 4 nitrogen and oxygen atoms in total. The molecular weight excluding hydrogens is 256 g/mol. The molecule has 0 saturated carbocycles. The van der Waals surface area contributed by atoms with E-state index in [4.69, 9.17) is 0 Å². The van der Waals surface area contributed by atoms with Crippen molar-refractivity contribution in [1.82, 2.24) is 10.0 Å². The molecule has 1 aromatic rings. The van der Waals surface area contributed by atoms with Crippen LogP contribution in [-0.4, -0.2) is 21.5 Å². The Balaban J connectivity index is 2.93. The largest absolute Gasteiger partial charge is 0.315 e. The van der Waals surface area contributed by atoms with Gasteiger partial charge in [-0.15, -0.1) is 11.3 Å². The molecule has 17 heavy (non-hydrogen) atoms. The Hall–Kier alpha value is -0.430. The van der Waals surface area contributed by atoms with Gasteiger partial charge in [0.05, 0.1) is 4.90 Å². The van der Waals surface area contributed by atoms with Crippen LogP contribution in [0.25, 0.3) is 0 Å². The van der Waals surface area contributed by atoms with Gasteiger partial charge in [-0.05, 0) is 31.3 Å². The normalized spacial score (nSPS) is 14.2. The fourth-order valence-electron chi connectivity index (χ4n) is 1.30. The third kappa shape index (κ3) is 3.77. The van der Waals surface area contributed by atoms with Crippen molar-refractivity contribution in [1.29, 1.82) is 0 Å². The number of thiophene rings is 1. The van der Waals surface area contributed by atoms with E-state index in [1.165, 1.54) is 11.3 Å². The first-order valence-electron chi connectivity index (χ1n) is 5.61. The molecule has 1 unspecified atom stereocenters. The fourth-order valence-corrected chi connectivity index (χ4v) is 4.15. The Morgan fingerprint density at radius 2 is 2.00 bits per heavy atom. The molecular formula is C11H20N2O2S2. The molecule has 1 atom stereocenters. The van der Waals surface area contributed by atoms with Gasteiger partial charge in [-0.3, -0.25) is 0 Å². The van der Waals surface area contributed by atoms with Gasteiger partial charge in [-0.1, -0.05) is 13.8 Å². The monoisotopic (exact) mass is 276 g/mol. The molecule has 0 saturated heterocycles. The second-order valence-corrected chi connectivity index (χ2v) is 7.08. The van der Waals surface area contributed by atoms with E-state index in [2.05, 4.69) is 10.0 Å². The van der Waals surface area contributed by atoms with Crippen molar-refractivity contribution in [2.45, 2.75) is 38.3 Å². The van der Waals surface area contributed by atoms with Crippen LogP contribution in [-0.2, 0) is 16.6 Å². The highest BCUT2D eigenvalue weighted by atomic mass is 32.2. The minimum atomic E-state index is -3.39. The van der Waals surface area contributed by atoms with E-state index in [-0.39, 0.29) is 12.0 Å². The standard InChI is InChI=1S/C11H20N2O2S2/c1-8(2)9(3)13-17(14,15)11-5-6-16-10(11)7-12-4/h5-6,8-9,12-13H,7H2,1-4H3. The van der Waals surface area contributed by atoms with Crippen LogP contribution in [0.3, 0.4) is 0 Å². The van der Waals surface area contributed by atoms with E-state index in [0.717, 1.165) is 4.88 Å². The molecule has 0 aromatic carbocycles. The molecule has 0 bridgehead atoms. The molecule has 6 heteroatoms. The van der Waals surface area contributed by atoms with Crippen molar-refractivity contribution >= 4 is 21.4 Å². The number of hydrogen-bond donors (Lipinski definition) is 2. The Kier molecular flexibility index (Phi) is 5.12. The zero-order valence-electron chi connectivity index (χ0n) is 10.6. The van der Waals surface area contributed by atoms with Gasteiger partial charge in [0.25, 0.3) is 0 Å². The third-order valence-corrected chi connectivity index (χ3v) is 5.37. The Morgan fingerprint density at radius 3 is 2.53 bits per heavy atom. The van der Waals surface area contributed by atoms with Crippen LogP contribution in [0.15, 0.2) is 16.3 Å². The van der Waals surface area contributed by atoms with Gasteiger partial charge in [0.2, 0.25) is 10.0 Å². The topological polar surface area (TPSA) is 58.2 Å². The molecule has 1 aromatic heterocycles. The average Bonchev–Trinajstić information content (AvgIpc) is 2.66. The lowest BCUT2D eigenvalue weighted by Gasteiger charge is -2.17. The molecule has 0 amide bonds. The van der Waals surface area contributed by atoms with Crippen molar-refractivity contribution in [3.63, 3.8) is 0 Å². The SMILES string of the molecule is CNCc1sccc1S(=O)(=O)NC(C)C(C)C. The predicted molar refractivity (Wildman–Crippen MR) is 71.7 cm³/mol. The van der Waals surface area contributed by atoms with Crippen LogP contribution in [0.5, 0.6) is 0 Å². The maximum Gasteiger partial charge on any atom is 0.241 e. The van der Waals surface area contributed by atoms with Crippen molar-refractivity contribution in [2.75, 3.05) is 7.05 Å². The van der Waals surface area contributed by atoms with Gasteiger partial charge >= 0.3 is 0 Å². The summed E-state index contributed by atoms with van der Waals surface area (Å²) in [7, 11) is -1.59. The minimum Gasteiger partial charge on any atom is -0.315 e. The second-order valence-electron chi connectivity index (χ2n) is 4.39. The highest BCUT2D eigenvalue weighted by molar-refractivity contribution is 7.89. The molecule has 1 rings (SSSR count). The Bertz CT molecular complexity index is 452. The summed E-state index contributed by atoms with van der Waals surface area (Å²) >= 11 is 1.45. The van der Waals surface area contributed by atoms with Crippen LogP contribution >= 0.6 is 11.3 Å². The predicted octanol–water partition coefficient (Wildman–Crippen LogP) is 1.79. The summed E-state index contributed by atoms with van der Waals surface area (Å²) in [5.41, 5.74) is 0. The van der Waals surface area contributed by atoms with Gasteiger partial charge in [0.1, 0.15) is 0 Å². The zero-order chi connectivity index (χ0) is 13.1. The van der Waals surface area contributed by atoms with E-state index in [0.29, 0.717) is 11.4 Å². The number of rotatable bonds is 6.